The highest BCUT2D eigenvalue weighted by Crippen LogP contribution is 2.45. The summed E-state index contributed by atoms with van der Waals surface area (Å²) in [5.41, 5.74) is 0.352. The van der Waals surface area contributed by atoms with Crippen LogP contribution in [0.3, 0.4) is 0 Å². The number of nitrogens with one attached hydrogen (secondary N) is 1. The highest BCUT2D eigenvalue weighted by atomic mass is 16.4. The van der Waals surface area contributed by atoms with E-state index in [0.29, 0.717) is 23.9 Å². The van der Waals surface area contributed by atoms with Gasteiger partial charge in [0.1, 0.15) is 0 Å². The van der Waals surface area contributed by atoms with Crippen molar-refractivity contribution >= 4 is 22.8 Å². The van der Waals surface area contributed by atoms with Crippen LogP contribution in [0, 0.1) is 5.41 Å². The quantitative estimate of drug-likeness (QED) is 0.888. The molecule has 5 nitrogen and oxygen atoms in total. The number of fused-ring (bicyclic) bond motifs is 1. The van der Waals surface area contributed by atoms with Gasteiger partial charge in [-0.1, -0.05) is 18.2 Å². The number of hydrogen-bond donors (Lipinski definition) is 2. The van der Waals surface area contributed by atoms with Crippen LogP contribution in [0.4, 0.5) is 0 Å². The van der Waals surface area contributed by atoms with Crippen LogP contribution in [0.15, 0.2) is 36.5 Å². The molecule has 1 aromatic carbocycles. The van der Waals surface area contributed by atoms with Crippen LogP contribution in [-0.4, -0.2) is 28.5 Å². The predicted octanol–water partition coefficient (Wildman–Crippen LogP) is 1.83. The maximum absolute atomic E-state index is 12.2. The lowest BCUT2D eigenvalue weighted by Gasteiger charge is -2.11. The van der Waals surface area contributed by atoms with Gasteiger partial charge in [-0.2, -0.15) is 0 Å². The number of aromatic nitrogens is 1. The van der Waals surface area contributed by atoms with Gasteiger partial charge < -0.3 is 10.4 Å². The van der Waals surface area contributed by atoms with E-state index in [4.69, 9.17) is 5.11 Å². The largest absolute Gasteiger partial charge is 0.481 e. The Hall–Kier alpha value is -2.43. The van der Waals surface area contributed by atoms with E-state index in [1.165, 1.54) is 0 Å². The van der Waals surface area contributed by atoms with Crippen molar-refractivity contribution in [2.75, 3.05) is 6.54 Å². The average Bonchev–Trinajstić information content (AvgIpc) is 3.25. The monoisotopic (exact) mass is 270 g/mol. The summed E-state index contributed by atoms with van der Waals surface area (Å²) < 4.78 is 0. The molecule has 2 N–H and O–H groups in total. The molecule has 0 aliphatic heterocycles. The number of benzene rings is 1. The zero-order valence-corrected chi connectivity index (χ0v) is 10.8. The van der Waals surface area contributed by atoms with Crippen LogP contribution in [0.5, 0.6) is 0 Å². The molecule has 1 amide bonds. The number of carboxylic acids is 1. The first-order chi connectivity index (χ1) is 9.62. The smallest absolute Gasteiger partial charge is 0.311 e. The van der Waals surface area contributed by atoms with Gasteiger partial charge in [-0.25, -0.2) is 0 Å². The summed E-state index contributed by atoms with van der Waals surface area (Å²) in [5.74, 6) is -1.12. The third-order valence-electron chi connectivity index (χ3n) is 3.77. The van der Waals surface area contributed by atoms with E-state index in [2.05, 4.69) is 10.3 Å². The van der Waals surface area contributed by atoms with E-state index in [1.54, 1.807) is 18.3 Å². The molecule has 5 heteroatoms. The van der Waals surface area contributed by atoms with Gasteiger partial charge in [0.25, 0.3) is 5.91 Å². The van der Waals surface area contributed by atoms with E-state index in [1.807, 2.05) is 18.2 Å². The van der Waals surface area contributed by atoms with Crippen molar-refractivity contribution < 1.29 is 14.7 Å². The average molecular weight is 270 g/mol. The zero-order chi connectivity index (χ0) is 14.2. The number of para-hydroxylation sites is 1. The molecule has 1 aliphatic rings. The molecule has 102 valence electrons. The Morgan fingerprint density at radius 3 is 2.70 bits per heavy atom. The second-order valence-electron chi connectivity index (χ2n) is 5.15. The van der Waals surface area contributed by atoms with E-state index < -0.39 is 11.4 Å². The minimum absolute atomic E-state index is 0.171. The third-order valence-corrected chi connectivity index (χ3v) is 3.77. The van der Waals surface area contributed by atoms with Gasteiger partial charge in [0, 0.05) is 18.1 Å². The molecular formula is C15H14N2O3. The Kier molecular flexibility index (Phi) is 2.89. The topological polar surface area (TPSA) is 79.3 Å². The number of amides is 1. The summed E-state index contributed by atoms with van der Waals surface area (Å²) in [6.45, 7) is 0.171. The van der Waals surface area contributed by atoms with Gasteiger partial charge in [0.15, 0.2) is 0 Å². The molecule has 0 radical (unpaired) electrons. The number of aliphatic carboxylic acids is 1. The number of nitrogens with zero attached hydrogens (tertiary/aromatic N) is 1. The van der Waals surface area contributed by atoms with Gasteiger partial charge >= 0.3 is 5.97 Å². The zero-order valence-electron chi connectivity index (χ0n) is 10.8. The fraction of sp³-hybridized carbons (Fsp3) is 0.267. The number of hydrogen-bond acceptors (Lipinski definition) is 3. The maximum Gasteiger partial charge on any atom is 0.311 e. The van der Waals surface area contributed by atoms with Crippen LogP contribution in [0.2, 0.25) is 0 Å². The Morgan fingerprint density at radius 2 is 2.00 bits per heavy atom. The van der Waals surface area contributed by atoms with E-state index in [-0.39, 0.29) is 12.5 Å². The molecular weight excluding hydrogens is 256 g/mol. The van der Waals surface area contributed by atoms with E-state index >= 15 is 0 Å². The number of carbonyl (C=O) groups is 2. The Bertz CT molecular complexity index is 687. The fourth-order valence-corrected chi connectivity index (χ4v) is 2.25. The van der Waals surface area contributed by atoms with Gasteiger partial charge in [-0.3, -0.25) is 14.6 Å². The summed E-state index contributed by atoms with van der Waals surface area (Å²) in [5, 5.41) is 12.7. The Morgan fingerprint density at radius 1 is 1.25 bits per heavy atom. The van der Waals surface area contributed by atoms with Gasteiger partial charge in [0.2, 0.25) is 0 Å². The highest BCUT2D eigenvalue weighted by Gasteiger charge is 2.50. The normalized spacial score (nSPS) is 15.8. The van der Waals surface area contributed by atoms with Crippen molar-refractivity contribution in [1.29, 1.82) is 0 Å². The molecule has 0 bridgehead atoms. The van der Waals surface area contributed by atoms with Crippen molar-refractivity contribution in [1.82, 2.24) is 10.3 Å². The van der Waals surface area contributed by atoms with Gasteiger partial charge in [-0.05, 0) is 25.0 Å². The summed E-state index contributed by atoms with van der Waals surface area (Å²) >= 11 is 0. The first-order valence-corrected chi connectivity index (χ1v) is 6.48. The lowest BCUT2D eigenvalue weighted by Crippen LogP contribution is -2.34. The molecule has 1 heterocycles. The van der Waals surface area contributed by atoms with Crippen LogP contribution in [0.25, 0.3) is 10.9 Å². The molecule has 0 atom stereocenters. The molecule has 1 aliphatic carbocycles. The highest BCUT2D eigenvalue weighted by molar-refractivity contribution is 6.05. The van der Waals surface area contributed by atoms with Crippen LogP contribution in [0.1, 0.15) is 23.2 Å². The van der Waals surface area contributed by atoms with Gasteiger partial charge in [0.05, 0.1) is 16.5 Å². The van der Waals surface area contributed by atoms with Gasteiger partial charge in [-0.15, -0.1) is 0 Å². The number of carbonyl (C=O) groups excluding carboxylic acids is 1. The number of carboxylic acid groups (broad SMARTS) is 1. The van der Waals surface area contributed by atoms with Crippen LogP contribution < -0.4 is 5.32 Å². The minimum Gasteiger partial charge on any atom is -0.481 e. The SMILES string of the molecule is O=C(NCC1(C(=O)O)CC1)c1cccc2cccnc12. The summed E-state index contributed by atoms with van der Waals surface area (Å²) in [6, 6.07) is 9.08. The summed E-state index contributed by atoms with van der Waals surface area (Å²) in [6.07, 6.45) is 2.88. The van der Waals surface area contributed by atoms with E-state index in [9.17, 15) is 9.59 Å². The molecule has 0 saturated heterocycles. The van der Waals surface area contributed by atoms with Crippen molar-refractivity contribution in [3.05, 3.63) is 42.1 Å². The molecule has 1 fully saturated rings. The first-order valence-electron chi connectivity index (χ1n) is 6.48. The second-order valence-corrected chi connectivity index (χ2v) is 5.15. The van der Waals surface area contributed by atoms with Crippen LogP contribution >= 0.6 is 0 Å². The summed E-state index contributed by atoms with van der Waals surface area (Å²) in [7, 11) is 0. The molecule has 1 aromatic heterocycles. The standard InChI is InChI=1S/C15H14N2O3/c18-13(17-9-15(6-7-15)14(19)20)11-5-1-3-10-4-2-8-16-12(10)11/h1-5,8H,6-7,9H2,(H,17,18)(H,19,20). The molecule has 0 spiro atoms. The summed E-state index contributed by atoms with van der Waals surface area (Å²) in [4.78, 5) is 27.5. The van der Waals surface area contributed by atoms with Crippen molar-refractivity contribution in [3.8, 4) is 0 Å². The molecule has 20 heavy (non-hydrogen) atoms. The van der Waals surface area contributed by atoms with Crippen LogP contribution in [-0.2, 0) is 4.79 Å². The Balaban J connectivity index is 1.81. The first kappa shape index (κ1) is 12.6. The lowest BCUT2D eigenvalue weighted by molar-refractivity contribution is -0.143. The Labute approximate surface area is 115 Å². The minimum atomic E-state index is -0.839. The number of rotatable bonds is 4. The fourth-order valence-electron chi connectivity index (χ4n) is 2.25. The molecule has 2 aromatic rings. The maximum atomic E-state index is 12.2. The third kappa shape index (κ3) is 2.11. The lowest BCUT2D eigenvalue weighted by atomic mass is 10.1. The molecule has 0 unspecified atom stereocenters. The predicted molar refractivity (Wildman–Crippen MR) is 73.4 cm³/mol. The van der Waals surface area contributed by atoms with Crippen molar-refractivity contribution in [3.63, 3.8) is 0 Å². The van der Waals surface area contributed by atoms with E-state index in [0.717, 1.165) is 5.39 Å². The number of pyridine rings is 1. The molecule has 3 rings (SSSR count). The van der Waals surface area contributed by atoms with Crippen molar-refractivity contribution in [2.45, 2.75) is 12.8 Å². The second kappa shape index (κ2) is 4.59. The van der Waals surface area contributed by atoms with Crippen molar-refractivity contribution in [2.24, 2.45) is 5.41 Å². The molecule has 1 saturated carbocycles.